The van der Waals surface area contributed by atoms with Crippen LogP contribution < -0.4 is 5.19 Å². The van der Waals surface area contributed by atoms with E-state index in [1.165, 1.54) is 73.5 Å². The van der Waals surface area contributed by atoms with Gasteiger partial charge in [0.1, 0.15) is 0 Å². The lowest BCUT2D eigenvalue weighted by Crippen LogP contribution is -2.61. The summed E-state index contributed by atoms with van der Waals surface area (Å²) in [5.41, 5.74) is 4.07. The van der Waals surface area contributed by atoms with Crippen LogP contribution in [-0.4, -0.2) is 45.2 Å². The molecular weight excluding hydrogens is 421 g/mol. The molecule has 1 aromatic carbocycles. The van der Waals surface area contributed by atoms with E-state index in [2.05, 4.69) is 44.7 Å². The molecule has 0 spiro atoms. The van der Waals surface area contributed by atoms with Gasteiger partial charge in [0.25, 0.3) is 0 Å². The summed E-state index contributed by atoms with van der Waals surface area (Å²) >= 11 is 0. The number of rotatable bonds is 6. The summed E-state index contributed by atoms with van der Waals surface area (Å²) in [5, 5.41) is 1.57. The molecule has 1 aromatic rings. The lowest BCUT2D eigenvalue weighted by molar-refractivity contribution is 0.0735. The smallest absolute Gasteiger partial charge is 0.224 e. The molecule has 0 N–H and O–H groups in total. The minimum atomic E-state index is -2.10. The molecule has 0 saturated carbocycles. The molecule has 3 aliphatic rings. The van der Waals surface area contributed by atoms with Crippen molar-refractivity contribution in [2.45, 2.75) is 87.8 Å². The van der Waals surface area contributed by atoms with Gasteiger partial charge in [-0.3, -0.25) is 0 Å². The quantitative estimate of drug-likeness (QED) is 0.573. The van der Waals surface area contributed by atoms with Crippen molar-refractivity contribution in [3.05, 3.63) is 35.9 Å². The zero-order chi connectivity index (χ0) is 21.0. The van der Waals surface area contributed by atoms with Crippen LogP contribution in [-0.2, 0) is 19.3 Å². The average Bonchev–Trinajstić information content (AvgIpc) is 2.74. The molecule has 4 rings (SSSR count). The normalized spacial score (nSPS) is 31.9. The first-order valence-electron chi connectivity index (χ1n) is 12.2. The van der Waals surface area contributed by atoms with Crippen molar-refractivity contribution in [3.63, 3.8) is 0 Å². The largest absolute Gasteiger partial charge is 0.420 e. The van der Waals surface area contributed by atoms with E-state index in [1.807, 2.05) is 0 Å². The Bertz CT molecular complexity index is 726. The summed E-state index contributed by atoms with van der Waals surface area (Å²) in [6, 6.07) is 12.0. The minimum absolute atomic E-state index is 0.0201. The van der Waals surface area contributed by atoms with Gasteiger partial charge in [-0.2, -0.15) is 0 Å². The molecule has 3 saturated heterocycles. The van der Waals surface area contributed by atoms with Gasteiger partial charge in [-0.1, -0.05) is 50.1 Å². The molecule has 3 atom stereocenters. The standard InChI is InChI=1S/C24H40O3Si3/c1-4-21-11-9-12-23(22(21)19-28-16-7-5-14-25-28)30(18-10-13-24(2,3)27-30)20-29-17-8-6-15-26-29/h4,9,11-12,28-29H,1,5-8,10,13-20H2,2-3H3. The third kappa shape index (κ3) is 5.27. The van der Waals surface area contributed by atoms with Gasteiger partial charge >= 0.3 is 0 Å². The van der Waals surface area contributed by atoms with Crippen LogP contribution in [0.1, 0.15) is 63.5 Å². The summed E-state index contributed by atoms with van der Waals surface area (Å²) in [6.45, 7) is 10.7. The third-order valence-corrected chi connectivity index (χ3v) is 19.7. The molecule has 6 heteroatoms. The maximum Gasteiger partial charge on any atom is 0.224 e. The molecule has 0 bridgehead atoms. The molecule has 3 heterocycles. The van der Waals surface area contributed by atoms with Gasteiger partial charge < -0.3 is 13.3 Å². The number of benzene rings is 1. The Hall–Kier alpha value is -0.509. The zero-order valence-corrected chi connectivity index (χ0v) is 22.4. The highest BCUT2D eigenvalue weighted by Crippen LogP contribution is 2.38. The Morgan fingerprint density at radius 3 is 2.40 bits per heavy atom. The lowest BCUT2D eigenvalue weighted by atomic mass is 10.0. The average molecular weight is 461 g/mol. The van der Waals surface area contributed by atoms with E-state index in [0.717, 1.165) is 19.3 Å². The van der Waals surface area contributed by atoms with Crippen LogP contribution in [0.5, 0.6) is 0 Å². The predicted octanol–water partition coefficient (Wildman–Crippen LogP) is 4.76. The molecule has 3 aliphatic heterocycles. The highest BCUT2D eigenvalue weighted by Gasteiger charge is 2.48. The molecular formula is C24H40O3Si3. The van der Waals surface area contributed by atoms with Crippen molar-refractivity contribution in [3.8, 4) is 0 Å². The fourth-order valence-corrected chi connectivity index (χ4v) is 20.0. The van der Waals surface area contributed by atoms with E-state index in [9.17, 15) is 0 Å². The fourth-order valence-electron chi connectivity index (χ4n) is 5.86. The third-order valence-electron chi connectivity index (χ3n) is 7.29. The second-order valence-corrected chi connectivity index (χ2v) is 19.8. The summed E-state index contributed by atoms with van der Waals surface area (Å²) in [5.74, 6) is 0. The van der Waals surface area contributed by atoms with E-state index < -0.39 is 26.4 Å². The van der Waals surface area contributed by atoms with Crippen LogP contribution in [0, 0.1) is 0 Å². The maximum absolute atomic E-state index is 7.21. The SMILES string of the molecule is C=Cc1cccc([Si]2(C[SiH]3CCCCO3)CCCC(C)(C)O2)c1C[SiH]1CCCCO1. The topological polar surface area (TPSA) is 27.7 Å². The summed E-state index contributed by atoms with van der Waals surface area (Å²) in [4.78, 5) is 0. The number of hydrogen-bond acceptors (Lipinski definition) is 3. The Balaban J connectivity index is 1.72. The molecule has 0 aliphatic carbocycles. The van der Waals surface area contributed by atoms with Crippen molar-refractivity contribution in [1.82, 2.24) is 0 Å². The van der Waals surface area contributed by atoms with Crippen molar-refractivity contribution >= 4 is 37.7 Å². The molecule has 0 radical (unpaired) electrons. The summed E-state index contributed by atoms with van der Waals surface area (Å²) in [7, 11) is -4.48. The predicted molar refractivity (Wildman–Crippen MR) is 134 cm³/mol. The fraction of sp³-hybridized carbons (Fsp3) is 0.667. The van der Waals surface area contributed by atoms with Crippen molar-refractivity contribution in [1.29, 1.82) is 0 Å². The molecule has 166 valence electrons. The van der Waals surface area contributed by atoms with E-state index in [4.69, 9.17) is 13.3 Å². The van der Waals surface area contributed by atoms with Crippen LogP contribution in [0.25, 0.3) is 6.08 Å². The van der Waals surface area contributed by atoms with Gasteiger partial charge in [0.2, 0.25) is 8.32 Å². The molecule has 0 aromatic heterocycles. The Morgan fingerprint density at radius 2 is 1.77 bits per heavy atom. The van der Waals surface area contributed by atoms with Crippen molar-refractivity contribution in [2.75, 3.05) is 13.2 Å². The van der Waals surface area contributed by atoms with Crippen LogP contribution in [0.2, 0.25) is 23.8 Å². The molecule has 3 fully saturated rings. The van der Waals surface area contributed by atoms with E-state index >= 15 is 0 Å². The van der Waals surface area contributed by atoms with Crippen molar-refractivity contribution < 1.29 is 13.3 Å². The minimum Gasteiger partial charge on any atom is -0.420 e. The first-order valence-corrected chi connectivity index (χ1v) is 18.7. The Kier molecular flexibility index (Phi) is 7.53. The van der Waals surface area contributed by atoms with Crippen LogP contribution in [0.3, 0.4) is 0 Å². The molecule has 0 amide bonds. The summed E-state index contributed by atoms with van der Waals surface area (Å²) in [6.07, 6.45) is 9.71. The second-order valence-electron chi connectivity index (χ2n) is 10.2. The van der Waals surface area contributed by atoms with E-state index in [0.29, 0.717) is 0 Å². The maximum atomic E-state index is 7.21. The van der Waals surface area contributed by atoms with Crippen molar-refractivity contribution in [2.24, 2.45) is 0 Å². The monoisotopic (exact) mass is 460 g/mol. The Morgan fingerprint density at radius 1 is 1.03 bits per heavy atom. The highest BCUT2D eigenvalue weighted by atomic mass is 28.4. The lowest BCUT2D eigenvalue weighted by Gasteiger charge is -2.46. The molecule has 3 nitrogen and oxygen atoms in total. The first kappa shape index (κ1) is 22.7. The molecule has 30 heavy (non-hydrogen) atoms. The first-order chi connectivity index (χ1) is 14.5. The number of hydrogen-bond donors (Lipinski definition) is 0. The van der Waals surface area contributed by atoms with Gasteiger partial charge in [-0.25, -0.2) is 0 Å². The van der Waals surface area contributed by atoms with E-state index in [-0.39, 0.29) is 5.60 Å². The summed E-state index contributed by atoms with van der Waals surface area (Å²) < 4.78 is 19.9. The zero-order valence-electron chi connectivity index (χ0n) is 19.1. The molecule has 3 unspecified atom stereocenters. The van der Waals surface area contributed by atoms with Gasteiger partial charge in [-0.05, 0) is 79.3 Å². The van der Waals surface area contributed by atoms with Gasteiger partial charge in [0, 0.05) is 13.2 Å². The van der Waals surface area contributed by atoms with Crippen LogP contribution >= 0.6 is 0 Å². The van der Waals surface area contributed by atoms with Gasteiger partial charge in [-0.15, -0.1) is 0 Å². The van der Waals surface area contributed by atoms with Crippen LogP contribution in [0.4, 0.5) is 0 Å². The van der Waals surface area contributed by atoms with E-state index in [1.54, 1.807) is 5.19 Å². The van der Waals surface area contributed by atoms with Gasteiger partial charge in [0.05, 0.1) is 5.60 Å². The second kappa shape index (κ2) is 9.96. The van der Waals surface area contributed by atoms with Gasteiger partial charge in [0.15, 0.2) is 18.1 Å². The highest BCUT2D eigenvalue weighted by molar-refractivity contribution is 6.94. The Labute approximate surface area is 187 Å². The van der Waals surface area contributed by atoms with Crippen LogP contribution in [0.15, 0.2) is 24.8 Å².